The number of hydrogen-bond acceptors (Lipinski definition) is 2. The maximum atomic E-state index is 12.6. The van der Waals surface area contributed by atoms with Gasteiger partial charge in [-0.1, -0.05) is 53.0 Å². The first kappa shape index (κ1) is 16.8. The Balaban J connectivity index is 2.03. The summed E-state index contributed by atoms with van der Waals surface area (Å²) < 4.78 is 1.46. The van der Waals surface area contributed by atoms with Crippen molar-refractivity contribution < 1.29 is 0 Å². The van der Waals surface area contributed by atoms with Crippen molar-refractivity contribution in [1.82, 2.24) is 9.78 Å². The lowest BCUT2D eigenvalue weighted by Gasteiger charge is -2.01. The van der Waals surface area contributed by atoms with Crippen molar-refractivity contribution in [2.24, 2.45) is 4.99 Å². The zero-order valence-electron chi connectivity index (χ0n) is 12.6. The Hall–Kier alpha value is -2.01. The standard InChI is InChI=1S/C17H12Cl3N3O/c1-10-13(9-21-16-14(19)7-11(18)8-15(16)20)17(24)23(22-10)12-5-3-2-4-6-12/h2-9,22H,1H3. The smallest absolute Gasteiger partial charge is 0.280 e. The molecular weight excluding hydrogens is 369 g/mol. The summed E-state index contributed by atoms with van der Waals surface area (Å²) in [6.07, 6.45) is 1.45. The predicted octanol–water partition coefficient (Wildman–Crippen LogP) is 5.18. The third-order valence-electron chi connectivity index (χ3n) is 3.44. The molecule has 24 heavy (non-hydrogen) atoms. The minimum atomic E-state index is -0.205. The maximum Gasteiger partial charge on any atom is 0.280 e. The summed E-state index contributed by atoms with van der Waals surface area (Å²) in [6.45, 7) is 1.80. The van der Waals surface area contributed by atoms with Gasteiger partial charge in [0.2, 0.25) is 0 Å². The van der Waals surface area contributed by atoms with Gasteiger partial charge in [0.1, 0.15) is 5.69 Å². The van der Waals surface area contributed by atoms with E-state index >= 15 is 0 Å². The van der Waals surface area contributed by atoms with Crippen LogP contribution in [0.1, 0.15) is 11.3 Å². The summed E-state index contributed by atoms with van der Waals surface area (Å²) in [5.74, 6) is 0. The number of nitrogens with zero attached hydrogens (tertiary/aromatic N) is 2. The van der Waals surface area contributed by atoms with E-state index in [0.717, 1.165) is 5.69 Å². The Morgan fingerprint density at radius 2 is 1.71 bits per heavy atom. The first-order valence-electron chi connectivity index (χ1n) is 7.03. The molecule has 0 atom stereocenters. The van der Waals surface area contributed by atoms with Gasteiger partial charge in [0, 0.05) is 16.9 Å². The first-order valence-corrected chi connectivity index (χ1v) is 8.16. The number of nitrogens with one attached hydrogen (secondary N) is 1. The van der Waals surface area contributed by atoms with E-state index in [9.17, 15) is 4.79 Å². The number of aryl methyl sites for hydroxylation is 1. The predicted molar refractivity (Wildman–Crippen MR) is 99.9 cm³/mol. The van der Waals surface area contributed by atoms with Gasteiger partial charge in [0.25, 0.3) is 5.56 Å². The number of hydrogen-bond donors (Lipinski definition) is 1. The number of H-pyrrole nitrogens is 1. The lowest BCUT2D eigenvalue weighted by Crippen LogP contribution is -2.17. The zero-order chi connectivity index (χ0) is 17.3. The second-order valence-electron chi connectivity index (χ2n) is 5.10. The molecule has 0 amide bonds. The van der Waals surface area contributed by atoms with E-state index in [0.29, 0.717) is 32.0 Å². The molecule has 0 aliphatic carbocycles. The summed E-state index contributed by atoms with van der Waals surface area (Å²) in [5, 5.41) is 4.09. The van der Waals surface area contributed by atoms with Crippen LogP contribution in [0.4, 0.5) is 5.69 Å². The number of aromatic nitrogens is 2. The van der Waals surface area contributed by atoms with Crippen LogP contribution in [0.3, 0.4) is 0 Å². The summed E-state index contributed by atoms with van der Waals surface area (Å²) in [5.41, 5.74) is 2.03. The van der Waals surface area contributed by atoms with E-state index in [2.05, 4.69) is 10.1 Å². The first-order chi connectivity index (χ1) is 11.5. The molecular formula is C17H12Cl3N3O. The molecule has 3 aromatic rings. The molecule has 4 nitrogen and oxygen atoms in total. The molecule has 1 heterocycles. The van der Waals surface area contributed by atoms with Crippen LogP contribution in [0, 0.1) is 6.92 Å². The van der Waals surface area contributed by atoms with Gasteiger partial charge in [-0.25, -0.2) is 4.68 Å². The van der Waals surface area contributed by atoms with Gasteiger partial charge < -0.3 is 0 Å². The average molecular weight is 381 g/mol. The van der Waals surface area contributed by atoms with Crippen molar-refractivity contribution in [3.63, 3.8) is 0 Å². The van der Waals surface area contributed by atoms with Gasteiger partial charge in [-0.3, -0.25) is 14.9 Å². The molecule has 0 bridgehead atoms. The van der Waals surface area contributed by atoms with E-state index in [1.54, 1.807) is 19.1 Å². The van der Waals surface area contributed by atoms with Crippen LogP contribution in [0.5, 0.6) is 0 Å². The summed E-state index contributed by atoms with van der Waals surface area (Å²) in [6, 6.07) is 12.4. The number of halogens is 3. The summed E-state index contributed by atoms with van der Waals surface area (Å²) in [7, 11) is 0. The molecule has 0 aliphatic rings. The van der Waals surface area contributed by atoms with Gasteiger partial charge in [-0.2, -0.15) is 0 Å². The Morgan fingerprint density at radius 3 is 2.33 bits per heavy atom. The third-order valence-corrected chi connectivity index (χ3v) is 4.23. The molecule has 0 aliphatic heterocycles. The number of aromatic amines is 1. The van der Waals surface area contributed by atoms with Crippen LogP contribution in [0.25, 0.3) is 5.69 Å². The van der Waals surface area contributed by atoms with Gasteiger partial charge >= 0.3 is 0 Å². The molecule has 0 saturated carbocycles. The summed E-state index contributed by atoms with van der Waals surface area (Å²) in [4.78, 5) is 16.9. The quantitative estimate of drug-likeness (QED) is 0.625. The second-order valence-corrected chi connectivity index (χ2v) is 6.35. The fourth-order valence-corrected chi connectivity index (χ4v) is 3.17. The van der Waals surface area contributed by atoms with E-state index in [1.807, 2.05) is 30.3 Å². The molecule has 0 unspecified atom stereocenters. The van der Waals surface area contributed by atoms with Gasteiger partial charge in [-0.15, -0.1) is 0 Å². The van der Waals surface area contributed by atoms with E-state index in [4.69, 9.17) is 34.8 Å². The van der Waals surface area contributed by atoms with Gasteiger partial charge in [-0.05, 0) is 31.2 Å². The van der Waals surface area contributed by atoms with E-state index in [1.165, 1.54) is 10.9 Å². The minimum Gasteiger partial charge on any atom is -0.295 e. The van der Waals surface area contributed by atoms with Crippen LogP contribution in [0.2, 0.25) is 15.1 Å². The minimum absolute atomic E-state index is 0.205. The largest absolute Gasteiger partial charge is 0.295 e. The summed E-state index contributed by atoms with van der Waals surface area (Å²) >= 11 is 18.1. The van der Waals surface area contributed by atoms with Crippen LogP contribution in [-0.2, 0) is 0 Å². The number of benzene rings is 2. The highest BCUT2D eigenvalue weighted by molar-refractivity contribution is 6.41. The average Bonchev–Trinajstić information content (AvgIpc) is 2.82. The zero-order valence-corrected chi connectivity index (χ0v) is 14.8. The van der Waals surface area contributed by atoms with Crippen molar-refractivity contribution in [2.75, 3.05) is 0 Å². The van der Waals surface area contributed by atoms with Crippen molar-refractivity contribution in [2.45, 2.75) is 6.92 Å². The highest BCUT2D eigenvalue weighted by Crippen LogP contribution is 2.35. The van der Waals surface area contributed by atoms with Crippen LogP contribution < -0.4 is 5.56 Å². The van der Waals surface area contributed by atoms with Crippen molar-refractivity contribution in [3.05, 3.63) is 79.1 Å². The molecule has 3 rings (SSSR count). The van der Waals surface area contributed by atoms with Gasteiger partial charge in [0.15, 0.2) is 0 Å². The van der Waals surface area contributed by atoms with Crippen LogP contribution in [0.15, 0.2) is 52.3 Å². The molecule has 0 radical (unpaired) electrons. The lowest BCUT2D eigenvalue weighted by atomic mass is 10.2. The van der Waals surface area contributed by atoms with Crippen LogP contribution >= 0.6 is 34.8 Å². The highest BCUT2D eigenvalue weighted by atomic mass is 35.5. The second kappa shape index (κ2) is 6.85. The molecule has 122 valence electrons. The SMILES string of the molecule is Cc1[nH]n(-c2ccccc2)c(=O)c1C=Nc1c(Cl)cc(Cl)cc1Cl. The van der Waals surface area contributed by atoms with Crippen molar-refractivity contribution in [3.8, 4) is 5.69 Å². The Labute approximate surface area is 153 Å². The number of para-hydroxylation sites is 1. The highest BCUT2D eigenvalue weighted by Gasteiger charge is 2.11. The van der Waals surface area contributed by atoms with Gasteiger partial charge in [0.05, 0.1) is 21.3 Å². The van der Waals surface area contributed by atoms with Crippen molar-refractivity contribution >= 4 is 46.7 Å². The van der Waals surface area contributed by atoms with E-state index < -0.39 is 0 Å². The fraction of sp³-hybridized carbons (Fsp3) is 0.0588. The molecule has 1 aromatic heterocycles. The molecule has 2 aromatic carbocycles. The molecule has 7 heteroatoms. The topological polar surface area (TPSA) is 50.1 Å². The lowest BCUT2D eigenvalue weighted by molar-refractivity contribution is 0.835. The Morgan fingerprint density at radius 1 is 1.08 bits per heavy atom. The third kappa shape index (κ3) is 3.26. The number of rotatable bonds is 3. The van der Waals surface area contributed by atoms with E-state index in [-0.39, 0.29) is 5.56 Å². The normalized spacial score (nSPS) is 11.3. The maximum absolute atomic E-state index is 12.6. The fourth-order valence-electron chi connectivity index (χ4n) is 2.26. The molecule has 1 N–H and O–H groups in total. The molecule has 0 saturated heterocycles. The Kier molecular flexibility index (Phi) is 4.81. The monoisotopic (exact) mass is 379 g/mol. The van der Waals surface area contributed by atoms with Crippen LogP contribution in [-0.4, -0.2) is 16.0 Å². The molecule has 0 fully saturated rings. The number of aliphatic imine (C=N–C) groups is 1. The van der Waals surface area contributed by atoms with Crippen molar-refractivity contribution in [1.29, 1.82) is 0 Å². The Bertz CT molecular complexity index is 951. The molecule has 0 spiro atoms.